The van der Waals surface area contributed by atoms with E-state index in [2.05, 4.69) is 5.32 Å². The number of carbonyl (C=O) groups is 1. The molecule has 5 nitrogen and oxygen atoms in total. The average Bonchev–Trinajstić information content (AvgIpc) is 2.08. The topological polar surface area (TPSA) is 61.8 Å². The zero-order valence-corrected chi connectivity index (χ0v) is 6.79. The third-order valence-corrected chi connectivity index (χ3v) is 1.25. The van der Waals surface area contributed by atoms with Crippen LogP contribution in [0.3, 0.4) is 0 Å². The van der Waals surface area contributed by atoms with Gasteiger partial charge in [-0.2, -0.15) is 5.06 Å². The van der Waals surface area contributed by atoms with Crippen molar-refractivity contribution in [2.75, 3.05) is 0 Å². The Bertz CT molecular complexity index is 175. The van der Waals surface area contributed by atoms with Gasteiger partial charge in [-0.15, -0.1) is 0 Å². The van der Waals surface area contributed by atoms with E-state index < -0.39 is 18.0 Å². The zero-order chi connectivity index (χ0) is 8.65. The Labute approximate surface area is 64.9 Å². The molecule has 11 heavy (non-hydrogen) atoms. The van der Waals surface area contributed by atoms with Gasteiger partial charge in [0.25, 0.3) is 6.41 Å². The van der Waals surface area contributed by atoms with E-state index in [-0.39, 0.29) is 0 Å². The van der Waals surface area contributed by atoms with E-state index in [1.807, 2.05) is 20.8 Å². The Kier molecular flexibility index (Phi) is 1.77. The Morgan fingerprint density at radius 2 is 2.18 bits per heavy atom. The summed E-state index contributed by atoms with van der Waals surface area (Å²) in [4.78, 5) is 15.7. The van der Waals surface area contributed by atoms with Crippen LogP contribution in [0.25, 0.3) is 0 Å². The van der Waals surface area contributed by atoms with E-state index in [4.69, 9.17) is 9.94 Å². The van der Waals surface area contributed by atoms with E-state index >= 15 is 0 Å². The third kappa shape index (κ3) is 1.61. The molecule has 5 heteroatoms. The molecule has 2 amide bonds. The molecule has 1 heterocycles. The number of nitrogens with one attached hydrogen (secondary N) is 1. The van der Waals surface area contributed by atoms with Crippen molar-refractivity contribution in [2.24, 2.45) is 0 Å². The molecule has 64 valence electrons. The number of hydroxylamine groups is 2. The minimum Gasteiger partial charge on any atom is -0.350 e. The average molecular weight is 160 g/mol. The number of carbonyl (C=O) groups excluding carboxylic acids is 1. The van der Waals surface area contributed by atoms with Crippen LogP contribution in [0.2, 0.25) is 0 Å². The summed E-state index contributed by atoms with van der Waals surface area (Å²) in [5, 5.41) is 12.1. The molecule has 1 aliphatic rings. The lowest BCUT2D eigenvalue weighted by atomic mass is 10.1. The maximum Gasteiger partial charge on any atom is 0.345 e. The second kappa shape index (κ2) is 2.35. The summed E-state index contributed by atoms with van der Waals surface area (Å²) in [6.07, 6.45) is -1.21. The van der Waals surface area contributed by atoms with E-state index in [0.29, 0.717) is 0 Å². The minimum absolute atomic E-state index is 0.412. The number of hydrogen-bond donors (Lipinski definition) is 2. The number of aliphatic hydroxyl groups excluding tert-OH is 1. The van der Waals surface area contributed by atoms with Crippen LogP contribution in [0.5, 0.6) is 0 Å². The lowest BCUT2D eigenvalue weighted by Crippen LogP contribution is -2.42. The molecule has 1 aliphatic heterocycles. The van der Waals surface area contributed by atoms with Crippen molar-refractivity contribution in [3.8, 4) is 0 Å². The fourth-order valence-electron chi connectivity index (χ4n) is 0.801. The lowest BCUT2D eigenvalue weighted by Gasteiger charge is -2.27. The fourth-order valence-corrected chi connectivity index (χ4v) is 0.801. The van der Waals surface area contributed by atoms with Crippen LogP contribution in [-0.2, 0) is 4.84 Å². The first kappa shape index (κ1) is 8.29. The van der Waals surface area contributed by atoms with Crippen LogP contribution in [0, 0.1) is 0 Å². The summed E-state index contributed by atoms with van der Waals surface area (Å²) in [6.45, 7) is 5.43. The fraction of sp³-hybridized carbons (Fsp3) is 0.833. The molecule has 1 rings (SSSR count). The SMILES string of the molecule is CC(C)(C)N1OC(O)NC1=O. The first-order valence-electron chi connectivity index (χ1n) is 3.37. The van der Waals surface area contributed by atoms with Crippen molar-refractivity contribution < 1.29 is 14.7 Å². The van der Waals surface area contributed by atoms with Gasteiger partial charge in [-0.25, -0.2) is 9.63 Å². The summed E-state index contributed by atoms with van der Waals surface area (Å²) in [5.74, 6) is 0. The number of aliphatic hydroxyl groups is 1. The molecule has 0 aromatic heterocycles. The predicted octanol–water partition coefficient (Wildman–Crippen LogP) is 0.0176. The highest BCUT2D eigenvalue weighted by Crippen LogP contribution is 2.18. The Hall–Kier alpha value is -0.810. The lowest BCUT2D eigenvalue weighted by molar-refractivity contribution is -0.234. The van der Waals surface area contributed by atoms with Crippen molar-refractivity contribution in [1.82, 2.24) is 10.4 Å². The van der Waals surface area contributed by atoms with Gasteiger partial charge < -0.3 is 5.11 Å². The van der Waals surface area contributed by atoms with Crippen molar-refractivity contribution in [3.63, 3.8) is 0 Å². The molecule has 0 radical (unpaired) electrons. The highest BCUT2D eigenvalue weighted by molar-refractivity contribution is 5.75. The highest BCUT2D eigenvalue weighted by Gasteiger charge is 2.36. The smallest absolute Gasteiger partial charge is 0.345 e. The molecule has 0 bridgehead atoms. The second-order valence-corrected chi connectivity index (χ2v) is 3.37. The summed E-state index contributed by atoms with van der Waals surface area (Å²) < 4.78 is 0. The summed E-state index contributed by atoms with van der Waals surface area (Å²) in [5.41, 5.74) is -0.429. The van der Waals surface area contributed by atoms with Crippen LogP contribution in [0.4, 0.5) is 4.79 Å². The van der Waals surface area contributed by atoms with Gasteiger partial charge in [0.15, 0.2) is 0 Å². The molecule has 1 saturated heterocycles. The van der Waals surface area contributed by atoms with Gasteiger partial charge >= 0.3 is 6.03 Å². The minimum atomic E-state index is -1.21. The quantitative estimate of drug-likeness (QED) is 0.525. The third-order valence-electron chi connectivity index (χ3n) is 1.25. The van der Waals surface area contributed by atoms with E-state index in [9.17, 15) is 4.79 Å². The van der Waals surface area contributed by atoms with Crippen LogP contribution in [0.15, 0.2) is 0 Å². The van der Waals surface area contributed by atoms with Gasteiger partial charge in [0.05, 0.1) is 5.54 Å². The summed E-state index contributed by atoms with van der Waals surface area (Å²) >= 11 is 0. The van der Waals surface area contributed by atoms with Crippen LogP contribution >= 0.6 is 0 Å². The number of urea groups is 1. The molecule has 0 saturated carbocycles. The van der Waals surface area contributed by atoms with Crippen molar-refractivity contribution >= 4 is 6.03 Å². The molecular formula is C6H12N2O3. The summed E-state index contributed by atoms with van der Waals surface area (Å²) in [6, 6.07) is -0.412. The van der Waals surface area contributed by atoms with E-state index in [1.165, 1.54) is 0 Å². The maximum atomic E-state index is 11.0. The standard InChI is InChI=1S/C6H12N2O3/c1-6(2,3)8-4(9)7-5(10)11-8/h5,10H,1-3H3,(H,7,9). The number of rotatable bonds is 0. The molecule has 0 aromatic carbocycles. The van der Waals surface area contributed by atoms with Gasteiger partial charge in [-0.3, -0.25) is 5.32 Å². The number of hydrogen-bond acceptors (Lipinski definition) is 3. The highest BCUT2D eigenvalue weighted by atomic mass is 16.8. The first-order chi connectivity index (χ1) is 4.91. The van der Waals surface area contributed by atoms with Gasteiger partial charge in [-0.05, 0) is 20.8 Å². The Balaban J connectivity index is 2.68. The number of nitrogens with zero attached hydrogens (tertiary/aromatic N) is 1. The van der Waals surface area contributed by atoms with E-state index in [0.717, 1.165) is 5.06 Å². The normalized spacial score (nSPS) is 25.6. The van der Waals surface area contributed by atoms with Gasteiger partial charge in [0.2, 0.25) is 0 Å². The first-order valence-corrected chi connectivity index (χ1v) is 3.37. The van der Waals surface area contributed by atoms with Crippen LogP contribution < -0.4 is 5.32 Å². The maximum absolute atomic E-state index is 11.0. The Morgan fingerprint density at radius 3 is 2.36 bits per heavy atom. The zero-order valence-electron chi connectivity index (χ0n) is 6.79. The molecule has 1 unspecified atom stereocenters. The van der Waals surface area contributed by atoms with Crippen molar-refractivity contribution in [1.29, 1.82) is 0 Å². The van der Waals surface area contributed by atoms with Crippen molar-refractivity contribution in [3.05, 3.63) is 0 Å². The molecule has 1 fully saturated rings. The molecular weight excluding hydrogens is 148 g/mol. The molecule has 0 aromatic rings. The molecule has 1 atom stereocenters. The predicted molar refractivity (Wildman–Crippen MR) is 37.2 cm³/mol. The van der Waals surface area contributed by atoms with Gasteiger partial charge in [0.1, 0.15) is 0 Å². The number of amides is 2. The van der Waals surface area contributed by atoms with E-state index in [1.54, 1.807) is 0 Å². The molecule has 0 spiro atoms. The van der Waals surface area contributed by atoms with Crippen LogP contribution in [-0.4, -0.2) is 28.2 Å². The van der Waals surface area contributed by atoms with Gasteiger partial charge in [-0.1, -0.05) is 0 Å². The largest absolute Gasteiger partial charge is 0.350 e. The van der Waals surface area contributed by atoms with Crippen LogP contribution in [0.1, 0.15) is 20.8 Å². The van der Waals surface area contributed by atoms with Gasteiger partial charge in [0, 0.05) is 0 Å². The Morgan fingerprint density at radius 1 is 1.64 bits per heavy atom. The molecule has 2 N–H and O–H groups in total. The second-order valence-electron chi connectivity index (χ2n) is 3.37. The summed E-state index contributed by atoms with van der Waals surface area (Å²) in [7, 11) is 0. The monoisotopic (exact) mass is 160 g/mol. The van der Waals surface area contributed by atoms with Crippen molar-refractivity contribution in [2.45, 2.75) is 32.7 Å². The molecule has 0 aliphatic carbocycles.